The van der Waals surface area contributed by atoms with Crippen LogP contribution in [0.4, 0.5) is 5.13 Å². The Balaban J connectivity index is 1.41. The lowest BCUT2D eigenvalue weighted by Crippen LogP contribution is -2.29. The summed E-state index contributed by atoms with van der Waals surface area (Å²) < 4.78 is 6.35. The van der Waals surface area contributed by atoms with E-state index in [-0.39, 0.29) is 27.6 Å². The topological polar surface area (TPSA) is 92.6 Å². The first-order chi connectivity index (χ1) is 19.7. The number of rotatable bonds is 6. The zero-order valence-electron chi connectivity index (χ0n) is 21.3. The lowest BCUT2D eigenvalue weighted by molar-refractivity contribution is -0.132. The fraction of sp³-hybridized carbons (Fsp3) is 0.172. The van der Waals surface area contributed by atoms with Gasteiger partial charge in [-0.1, -0.05) is 82.2 Å². The van der Waals surface area contributed by atoms with Gasteiger partial charge in [-0.15, -0.1) is 10.2 Å². The summed E-state index contributed by atoms with van der Waals surface area (Å²) >= 11 is 21.6. The van der Waals surface area contributed by atoms with E-state index in [0.717, 1.165) is 28.2 Å². The van der Waals surface area contributed by atoms with Gasteiger partial charge in [0.1, 0.15) is 17.6 Å². The molecule has 3 heterocycles. The summed E-state index contributed by atoms with van der Waals surface area (Å²) in [6, 6.07) is 16.4. The molecule has 6 rings (SSSR count). The molecule has 3 aromatic carbocycles. The molecule has 0 aliphatic carbocycles. The van der Waals surface area contributed by atoms with Gasteiger partial charge in [-0.25, -0.2) is 0 Å². The van der Waals surface area contributed by atoms with Crippen molar-refractivity contribution in [2.45, 2.75) is 35.6 Å². The van der Waals surface area contributed by atoms with E-state index in [1.54, 1.807) is 30.3 Å². The second-order valence-electron chi connectivity index (χ2n) is 9.52. The van der Waals surface area contributed by atoms with Crippen LogP contribution >= 0.6 is 57.9 Å². The Hall–Kier alpha value is -3.08. The molecule has 1 saturated heterocycles. The van der Waals surface area contributed by atoms with E-state index in [9.17, 15) is 14.7 Å². The molecule has 0 spiro atoms. The van der Waals surface area contributed by atoms with Gasteiger partial charge in [0.2, 0.25) is 5.13 Å². The number of thioether (sulfide) groups is 1. The summed E-state index contributed by atoms with van der Waals surface area (Å²) in [5.74, 6) is -0.756. The van der Waals surface area contributed by atoms with Crippen LogP contribution in [0.1, 0.15) is 35.2 Å². The van der Waals surface area contributed by atoms with Gasteiger partial charge in [0.15, 0.2) is 4.34 Å². The van der Waals surface area contributed by atoms with E-state index in [0.29, 0.717) is 37.7 Å². The van der Waals surface area contributed by atoms with E-state index < -0.39 is 17.7 Å². The van der Waals surface area contributed by atoms with Gasteiger partial charge in [0.05, 0.1) is 11.6 Å². The van der Waals surface area contributed by atoms with Gasteiger partial charge >= 0.3 is 5.91 Å². The molecule has 12 heteroatoms. The number of amides is 1. The number of aromatic nitrogens is 2. The van der Waals surface area contributed by atoms with Crippen LogP contribution in [0.2, 0.25) is 15.1 Å². The summed E-state index contributed by atoms with van der Waals surface area (Å²) in [6.07, 6.45) is 0.666. The molecule has 1 N–H and O–H groups in total. The van der Waals surface area contributed by atoms with Gasteiger partial charge in [0.25, 0.3) is 5.78 Å². The molecule has 1 fully saturated rings. The molecule has 0 bridgehead atoms. The molecule has 41 heavy (non-hydrogen) atoms. The van der Waals surface area contributed by atoms with Crippen molar-refractivity contribution in [2.24, 2.45) is 0 Å². The minimum absolute atomic E-state index is 0.00300. The molecule has 4 aromatic rings. The third-order valence-corrected chi connectivity index (χ3v) is 9.82. The largest absolute Gasteiger partial charge is 0.507 e. The van der Waals surface area contributed by atoms with Crippen molar-refractivity contribution in [3.8, 4) is 5.75 Å². The first kappa shape index (κ1) is 28.1. The lowest BCUT2D eigenvalue weighted by atomic mass is 9.94. The number of hydrogen-bond acceptors (Lipinski definition) is 8. The number of carbonyl (C=O) groups excluding carboxylic acids is 2. The number of benzene rings is 3. The van der Waals surface area contributed by atoms with E-state index in [1.165, 1.54) is 22.7 Å². The number of fused-ring (bicyclic) bond motifs is 1. The zero-order valence-corrected chi connectivity index (χ0v) is 25.2. The van der Waals surface area contributed by atoms with Crippen molar-refractivity contribution in [2.75, 3.05) is 4.90 Å². The molecule has 0 saturated carbocycles. The van der Waals surface area contributed by atoms with E-state index in [4.69, 9.17) is 39.5 Å². The molecular formula is C29H20Cl3N3O4S2. The minimum Gasteiger partial charge on any atom is -0.507 e. The summed E-state index contributed by atoms with van der Waals surface area (Å²) in [4.78, 5) is 28.3. The first-order valence-corrected chi connectivity index (χ1v) is 15.4. The number of nitrogens with zero attached hydrogens (tertiary/aromatic N) is 3. The van der Waals surface area contributed by atoms with Gasteiger partial charge in [-0.2, -0.15) is 0 Å². The number of carbonyl (C=O) groups is 2. The Morgan fingerprint density at radius 2 is 1.88 bits per heavy atom. The number of Topliss-reactive ketones (excluding diaryl/α,β-unsaturated/α-hetero) is 1. The molecule has 7 nitrogen and oxygen atoms in total. The van der Waals surface area contributed by atoms with Crippen LogP contribution in [0.5, 0.6) is 5.75 Å². The highest BCUT2D eigenvalue weighted by molar-refractivity contribution is 8.00. The van der Waals surface area contributed by atoms with Crippen LogP contribution in [0.15, 0.2) is 70.6 Å². The van der Waals surface area contributed by atoms with E-state index in [2.05, 4.69) is 10.2 Å². The van der Waals surface area contributed by atoms with E-state index in [1.807, 2.05) is 31.2 Å². The smallest absolute Gasteiger partial charge is 0.301 e. The highest BCUT2D eigenvalue weighted by Gasteiger charge is 2.49. The summed E-state index contributed by atoms with van der Waals surface area (Å²) in [7, 11) is 0. The molecule has 1 aromatic heterocycles. The Morgan fingerprint density at radius 3 is 2.66 bits per heavy atom. The molecule has 208 valence electrons. The number of aliphatic hydroxyl groups is 1. The first-order valence-electron chi connectivity index (χ1n) is 12.5. The number of ether oxygens (including phenoxy) is 1. The maximum Gasteiger partial charge on any atom is 0.301 e. The second-order valence-corrected chi connectivity index (χ2v) is 12.9. The maximum absolute atomic E-state index is 13.5. The predicted octanol–water partition coefficient (Wildman–Crippen LogP) is 7.74. The highest BCUT2D eigenvalue weighted by atomic mass is 35.5. The minimum atomic E-state index is -1.06. The quantitative estimate of drug-likeness (QED) is 0.0755. The summed E-state index contributed by atoms with van der Waals surface area (Å²) in [5.41, 5.74) is 2.53. The third-order valence-electron chi connectivity index (χ3n) is 6.78. The maximum atomic E-state index is 13.5. The van der Waals surface area contributed by atoms with Gasteiger partial charge in [-0.05, 0) is 60.0 Å². The van der Waals surface area contributed by atoms with Gasteiger partial charge in [0, 0.05) is 32.8 Å². The van der Waals surface area contributed by atoms with Crippen LogP contribution in [0.3, 0.4) is 0 Å². The SMILES string of the molecule is CC1Cc2cc(/C(O)=C3\C(=O)C(=O)N(c4nnc(SCc5ccccc5Cl)s4)C3c3ccc(Cl)cc3Cl)ccc2O1. The summed E-state index contributed by atoms with van der Waals surface area (Å²) in [6.45, 7) is 1.96. The summed E-state index contributed by atoms with van der Waals surface area (Å²) in [5, 5.41) is 21.4. The molecule has 2 atom stereocenters. The fourth-order valence-corrected chi connectivity index (χ4v) is 7.55. The van der Waals surface area contributed by atoms with Crippen LogP contribution in [-0.2, 0) is 21.8 Å². The Morgan fingerprint density at radius 1 is 1.07 bits per heavy atom. The van der Waals surface area contributed by atoms with Crippen molar-refractivity contribution < 1.29 is 19.4 Å². The number of ketones is 1. The number of aliphatic hydroxyl groups excluding tert-OH is 1. The number of halogens is 3. The molecule has 2 aliphatic heterocycles. The molecule has 0 radical (unpaired) electrons. The van der Waals surface area contributed by atoms with Crippen LogP contribution in [-0.4, -0.2) is 33.1 Å². The normalized spacial score (nSPS) is 19.5. The van der Waals surface area contributed by atoms with Crippen molar-refractivity contribution >= 4 is 80.5 Å². The lowest BCUT2D eigenvalue weighted by Gasteiger charge is -2.23. The average Bonchev–Trinajstić information content (AvgIpc) is 3.63. The van der Waals surface area contributed by atoms with Gasteiger partial charge in [-0.3, -0.25) is 14.5 Å². The Bertz CT molecular complexity index is 1740. The standard InChI is InChI=1S/C29H20Cl3N3O4S2/c1-14-10-17-11-15(6-9-22(17)39-14)25(36)23-24(19-8-7-18(30)12-21(19)32)35(27(38)26(23)37)28-33-34-29(41-28)40-13-16-4-2-3-5-20(16)31/h2-9,11-12,14,24,36H,10,13H2,1H3/b25-23+. The molecular weight excluding hydrogens is 625 g/mol. The number of hydrogen-bond donors (Lipinski definition) is 1. The predicted molar refractivity (Wildman–Crippen MR) is 162 cm³/mol. The van der Waals surface area contributed by atoms with Crippen molar-refractivity contribution in [1.82, 2.24) is 10.2 Å². The van der Waals surface area contributed by atoms with Crippen molar-refractivity contribution in [3.63, 3.8) is 0 Å². The fourth-order valence-electron chi connectivity index (χ4n) is 4.89. The molecule has 2 unspecified atom stereocenters. The van der Waals surface area contributed by atoms with E-state index >= 15 is 0 Å². The van der Waals surface area contributed by atoms with Crippen LogP contribution in [0, 0.1) is 0 Å². The Labute approximate surface area is 258 Å². The van der Waals surface area contributed by atoms with Crippen molar-refractivity contribution in [3.05, 3.63) is 104 Å². The molecule has 2 aliphatic rings. The third kappa shape index (κ3) is 5.33. The second kappa shape index (κ2) is 11.3. The molecule has 1 amide bonds. The van der Waals surface area contributed by atoms with Gasteiger partial charge < -0.3 is 9.84 Å². The highest BCUT2D eigenvalue weighted by Crippen LogP contribution is 2.46. The Kier molecular flexibility index (Phi) is 7.74. The average molecular weight is 645 g/mol. The van der Waals surface area contributed by atoms with Crippen LogP contribution < -0.4 is 9.64 Å². The zero-order chi connectivity index (χ0) is 28.8. The van der Waals surface area contributed by atoms with Crippen molar-refractivity contribution in [1.29, 1.82) is 0 Å². The number of anilines is 1. The van der Waals surface area contributed by atoms with Crippen LogP contribution in [0.25, 0.3) is 5.76 Å². The monoisotopic (exact) mass is 643 g/mol.